The minimum absolute atomic E-state index is 0.736. The van der Waals surface area contributed by atoms with E-state index < -0.39 is 0 Å². The number of hydrogen-bond donors (Lipinski definition) is 3. The lowest BCUT2D eigenvalue weighted by atomic mass is 10.4. The first kappa shape index (κ1) is 8.88. The van der Waals surface area contributed by atoms with Crippen molar-refractivity contribution in [3.63, 3.8) is 0 Å². The van der Waals surface area contributed by atoms with Crippen molar-refractivity contribution < 1.29 is 0 Å². The maximum absolute atomic E-state index is 5.27. The van der Waals surface area contributed by atoms with Crippen LogP contribution in [-0.4, -0.2) is 33.2 Å². The van der Waals surface area contributed by atoms with Crippen molar-refractivity contribution in [1.29, 1.82) is 0 Å². The van der Waals surface area contributed by atoms with E-state index in [4.69, 9.17) is 5.73 Å². The Hall–Kier alpha value is -0.120. The van der Waals surface area contributed by atoms with Crippen LogP contribution in [0, 0.1) is 0 Å². The molecule has 0 saturated heterocycles. The predicted molar refractivity (Wildman–Crippen MR) is 40.5 cm³/mol. The van der Waals surface area contributed by atoms with Gasteiger partial charge in [-0.25, -0.2) is 0 Å². The molecule has 0 aromatic carbocycles. The van der Waals surface area contributed by atoms with Gasteiger partial charge < -0.3 is 16.4 Å². The molecule has 0 heterocycles. The highest BCUT2D eigenvalue weighted by Gasteiger charge is 1.82. The molecule has 0 spiro atoms. The van der Waals surface area contributed by atoms with Crippen molar-refractivity contribution in [3.8, 4) is 0 Å². The highest BCUT2D eigenvalue weighted by atomic mass is 14.9. The van der Waals surface area contributed by atoms with Gasteiger partial charge in [0, 0.05) is 13.1 Å². The summed E-state index contributed by atoms with van der Waals surface area (Å²) in [6.07, 6.45) is 1.18. The van der Waals surface area contributed by atoms with Crippen LogP contribution in [0.3, 0.4) is 0 Å². The van der Waals surface area contributed by atoms with E-state index in [1.54, 1.807) is 0 Å². The summed E-state index contributed by atoms with van der Waals surface area (Å²) in [6.45, 7) is 3.82. The van der Waals surface area contributed by atoms with Gasteiger partial charge in [0.1, 0.15) is 0 Å². The van der Waals surface area contributed by atoms with Crippen LogP contribution in [0.1, 0.15) is 6.42 Å². The fourth-order valence-electron chi connectivity index (χ4n) is 0.617. The molecule has 0 aliphatic heterocycles. The summed E-state index contributed by atoms with van der Waals surface area (Å²) in [5.41, 5.74) is 5.27. The van der Waals surface area contributed by atoms with E-state index in [0.29, 0.717) is 0 Å². The zero-order chi connectivity index (χ0) is 6.95. The first-order chi connectivity index (χ1) is 4.41. The Bertz CT molecular complexity index is 41.6. The maximum Gasteiger partial charge on any atom is 0.00745 e. The number of nitrogens with one attached hydrogen (secondary N) is 2. The molecule has 0 saturated carbocycles. The van der Waals surface area contributed by atoms with Crippen LogP contribution < -0.4 is 16.4 Å². The average molecular weight is 131 g/mol. The van der Waals surface area contributed by atoms with Crippen LogP contribution in [-0.2, 0) is 0 Å². The second-order valence-corrected chi connectivity index (χ2v) is 2.00. The number of nitrogens with two attached hydrogens (primary N) is 1. The second-order valence-electron chi connectivity index (χ2n) is 2.00. The quantitative estimate of drug-likeness (QED) is 0.411. The third-order valence-corrected chi connectivity index (χ3v) is 1.10. The number of rotatable bonds is 6. The minimum atomic E-state index is 0.736. The van der Waals surface area contributed by atoms with Crippen molar-refractivity contribution in [2.75, 3.05) is 33.2 Å². The zero-order valence-electron chi connectivity index (χ0n) is 6.11. The smallest absolute Gasteiger partial charge is 0.00745 e. The largest absolute Gasteiger partial charge is 0.329 e. The molecular formula is C6H17N3. The van der Waals surface area contributed by atoms with Gasteiger partial charge in [-0.3, -0.25) is 0 Å². The van der Waals surface area contributed by atoms with E-state index in [1.807, 2.05) is 7.05 Å². The van der Waals surface area contributed by atoms with E-state index in [9.17, 15) is 0 Å². The van der Waals surface area contributed by atoms with Crippen molar-refractivity contribution >= 4 is 0 Å². The van der Waals surface area contributed by atoms with Gasteiger partial charge in [0.25, 0.3) is 0 Å². The van der Waals surface area contributed by atoms with Gasteiger partial charge in [-0.1, -0.05) is 0 Å². The zero-order valence-corrected chi connectivity index (χ0v) is 6.11. The summed E-state index contributed by atoms with van der Waals surface area (Å²) >= 11 is 0. The van der Waals surface area contributed by atoms with E-state index in [2.05, 4.69) is 10.6 Å². The summed E-state index contributed by atoms with van der Waals surface area (Å²) in [4.78, 5) is 0. The molecule has 0 fully saturated rings. The molecular weight excluding hydrogens is 114 g/mol. The van der Waals surface area contributed by atoms with Gasteiger partial charge in [0.2, 0.25) is 0 Å². The third kappa shape index (κ3) is 7.88. The summed E-state index contributed by atoms with van der Waals surface area (Å²) in [5.74, 6) is 0. The second kappa shape index (κ2) is 7.88. The van der Waals surface area contributed by atoms with E-state index in [-0.39, 0.29) is 0 Å². The van der Waals surface area contributed by atoms with Crippen molar-refractivity contribution in [2.45, 2.75) is 6.42 Å². The molecule has 0 unspecified atom stereocenters. The van der Waals surface area contributed by atoms with Crippen molar-refractivity contribution in [2.24, 2.45) is 5.73 Å². The lowest BCUT2D eigenvalue weighted by molar-refractivity contribution is 0.629. The maximum atomic E-state index is 5.27. The Kier molecular flexibility index (Phi) is 7.77. The molecule has 0 aliphatic rings. The Labute approximate surface area is 57.0 Å². The Morgan fingerprint density at radius 1 is 1.22 bits per heavy atom. The van der Waals surface area contributed by atoms with Crippen LogP contribution in [0.25, 0.3) is 0 Å². The molecule has 3 nitrogen and oxygen atoms in total. The Morgan fingerprint density at radius 2 is 2.00 bits per heavy atom. The lowest BCUT2D eigenvalue weighted by Gasteiger charge is -2.00. The lowest BCUT2D eigenvalue weighted by Crippen LogP contribution is -2.25. The van der Waals surface area contributed by atoms with Crippen LogP contribution >= 0.6 is 0 Å². The molecule has 0 atom stereocenters. The summed E-state index contributed by atoms with van der Waals surface area (Å²) in [6, 6.07) is 0. The summed E-state index contributed by atoms with van der Waals surface area (Å²) in [7, 11) is 1.96. The molecule has 56 valence electrons. The highest BCUT2D eigenvalue weighted by molar-refractivity contribution is 4.48. The fourth-order valence-corrected chi connectivity index (χ4v) is 0.617. The van der Waals surface area contributed by atoms with Crippen LogP contribution in [0.2, 0.25) is 0 Å². The van der Waals surface area contributed by atoms with E-state index >= 15 is 0 Å². The molecule has 0 radical (unpaired) electrons. The van der Waals surface area contributed by atoms with Gasteiger partial charge >= 0.3 is 0 Å². The molecule has 0 aliphatic carbocycles. The summed E-state index contributed by atoms with van der Waals surface area (Å²) in [5, 5.41) is 6.28. The van der Waals surface area contributed by atoms with Crippen LogP contribution in [0.5, 0.6) is 0 Å². The van der Waals surface area contributed by atoms with Gasteiger partial charge in [-0.2, -0.15) is 0 Å². The molecule has 0 rings (SSSR count). The molecule has 0 bridgehead atoms. The van der Waals surface area contributed by atoms with Gasteiger partial charge in [-0.15, -0.1) is 0 Å². The Morgan fingerprint density at radius 3 is 2.56 bits per heavy atom. The van der Waals surface area contributed by atoms with Crippen molar-refractivity contribution in [1.82, 2.24) is 10.6 Å². The van der Waals surface area contributed by atoms with Gasteiger partial charge in [0.15, 0.2) is 0 Å². The molecule has 3 heteroatoms. The van der Waals surface area contributed by atoms with Gasteiger partial charge in [0.05, 0.1) is 0 Å². The molecule has 0 amide bonds. The van der Waals surface area contributed by atoms with Crippen LogP contribution in [0.4, 0.5) is 0 Å². The van der Waals surface area contributed by atoms with E-state index in [1.165, 1.54) is 6.42 Å². The topological polar surface area (TPSA) is 50.1 Å². The highest BCUT2D eigenvalue weighted by Crippen LogP contribution is 1.69. The van der Waals surface area contributed by atoms with Crippen molar-refractivity contribution in [3.05, 3.63) is 0 Å². The fraction of sp³-hybridized carbons (Fsp3) is 1.00. The normalized spacial score (nSPS) is 10.0. The number of hydrogen-bond acceptors (Lipinski definition) is 3. The third-order valence-electron chi connectivity index (χ3n) is 1.10. The molecule has 4 N–H and O–H groups in total. The molecule has 9 heavy (non-hydrogen) atoms. The monoisotopic (exact) mass is 131 g/mol. The SMILES string of the molecule is CNCCCNCCN. The standard InChI is InChI=1S/C6H17N3/c1-8-4-2-5-9-6-3-7/h8-9H,2-7H2,1H3. The first-order valence-corrected chi connectivity index (χ1v) is 3.47. The minimum Gasteiger partial charge on any atom is -0.329 e. The summed E-state index contributed by atoms with van der Waals surface area (Å²) < 4.78 is 0. The predicted octanol–water partition coefficient (Wildman–Crippen LogP) is -0.856. The average Bonchev–Trinajstić information content (AvgIpc) is 1.89. The van der Waals surface area contributed by atoms with E-state index in [0.717, 1.165) is 26.2 Å². The molecule has 0 aromatic rings. The molecule has 0 aromatic heterocycles. The first-order valence-electron chi connectivity index (χ1n) is 3.47. The van der Waals surface area contributed by atoms with Crippen LogP contribution in [0.15, 0.2) is 0 Å². The van der Waals surface area contributed by atoms with Gasteiger partial charge in [-0.05, 0) is 26.6 Å². The Balaban J connectivity index is 2.60.